The molecule has 0 aliphatic rings. The van der Waals surface area contributed by atoms with Gasteiger partial charge in [-0.1, -0.05) is 35.9 Å². The molecule has 0 fully saturated rings. The number of rotatable bonds is 3. The van der Waals surface area contributed by atoms with Gasteiger partial charge in [-0.25, -0.2) is 0 Å². The third-order valence-electron chi connectivity index (χ3n) is 4.63. The van der Waals surface area contributed by atoms with Crippen LogP contribution in [-0.4, -0.2) is 14.5 Å². The molecule has 0 N–H and O–H groups in total. The van der Waals surface area contributed by atoms with Gasteiger partial charge in [0.25, 0.3) is 5.56 Å². The summed E-state index contributed by atoms with van der Waals surface area (Å²) in [7, 11) is 0. The normalized spacial score (nSPS) is 11.1. The van der Waals surface area contributed by atoms with Gasteiger partial charge in [0.1, 0.15) is 5.52 Å². The molecule has 29 heavy (non-hydrogen) atoms. The Kier molecular flexibility index (Phi) is 4.22. The summed E-state index contributed by atoms with van der Waals surface area (Å²) in [5.41, 5.74) is 1.71. The zero-order valence-corrected chi connectivity index (χ0v) is 15.9. The predicted molar refractivity (Wildman–Crippen MR) is 113 cm³/mol. The second-order valence-corrected chi connectivity index (χ2v) is 6.91. The number of benzene rings is 2. The Bertz CT molecular complexity index is 1370. The van der Waals surface area contributed by atoms with Gasteiger partial charge in [0, 0.05) is 33.9 Å². The van der Waals surface area contributed by atoms with Gasteiger partial charge in [-0.2, -0.15) is 4.98 Å². The summed E-state index contributed by atoms with van der Waals surface area (Å²) in [6, 6.07) is 22.3. The molecule has 0 aliphatic heterocycles. The summed E-state index contributed by atoms with van der Waals surface area (Å²) in [6.45, 7) is 0. The van der Waals surface area contributed by atoms with Crippen LogP contribution >= 0.6 is 11.6 Å². The number of halogens is 1. The summed E-state index contributed by atoms with van der Waals surface area (Å²) in [6.07, 6.45) is 3.30. The maximum Gasteiger partial charge on any atom is 0.282 e. The Balaban J connectivity index is 1.77. The van der Waals surface area contributed by atoms with Crippen LogP contribution in [0.25, 0.3) is 39.5 Å². The summed E-state index contributed by atoms with van der Waals surface area (Å²) in [5, 5.41) is 1.39. The first-order chi connectivity index (χ1) is 14.2. The van der Waals surface area contributed by atoms with Crippen LogP contribution in [0.3, 0.4) is 0 Å². The van der Waals surface area contributed by atoms with Crippen LogP contribution in [0.15, 0.2) is 94.4 Å². The molecule has 5 rings (SSSR count). The van der Waals surface area contributed by atoms with Crippen LogP contribution in [-0.2, 0) is 0 Å². The number of pyridine rings is 2. The molecule has 0 radical (unpaired) electrons. The maximum atomic E-state index is 13.1. The van der Waals surface area contributed by atoms with Gasteiger partial charge in [0.05, 0.1) is 0 Å². The first kappa shape index (κ1) is 17.4. The van der Waals surface area contributed by atoms with E-state index in [4.69, 9.17) is 16.0 Å². The highest BCUT2D eigenvalue weighted by molar-refractivity contribution is 6.30. The van der Waals surface area contributed by atoms with Gasteiger partial charge >= 0.3 is 0 Å². The lowest BCUT2D eigenvalue weighted by molar-refractivity contribution is 0.588. The average Bonchev–Trinajstić information content (AvgIpc) is 3.20. The molecule has 140 valence electrons. The zero-order chi connectivity index (χ0) is 19.8. The van der Waals surface area contributed by atoms with Crippen LogP contribution in [0.4, 0.5) is 0 Å². The molecule has 0 unspecified atom stereocenters. The van der Waals surface area contributed by atoms with Crippen molar-refractivity contribution < 1.29 is 4.42 Å². The van der Waals surface area contributed by atoms with Crippen molar-refractivity contribution in [2.75, 3.05) is 0 Å². The lowest BCUT2D eigenvalue weighted by Crippen LogP contribution is -2.19. The van der Waals surface area contributed by atoms with Crippen molar-refractivity contribution in [2.45, 2.75) is 0 Å². The Labute approximate surface area is 170 Å². The van der Waals surface area contributed by atoms with Crippen molar-refractivity contribution >= 4 is 22.5 Å². The molecule has 0 saturated carbocycles. The number of hydrogen-bond acceptors (Lipinski definition) is 4. The summed E-state index contributed by atoms with van der Waals surface area (Å²) in [4.78, 5) is 22.0. The number of aromatic nitrogens is 3. The van der Waals surface area contributed by atoms with E-state index in [1.165, 1.54) is 4.57 Å². The van der Waals surface area contributed by atoms with Crippen molar-refractivity contribution in [3.8, 4) is 28.6 Å². The Hall–Kier alpha value is -3.70. The molecule has 0 atom stereocenters. The summed E-state index contributed by atoms with van der Waals surface area (Å²) >= 11 is 6.04. The lowest BCUT2D eigenvalue weighted by atomic mass is 10.1. The van der Waals surface area contributed by atoms with E-state index in [9.17, 15) is 4.79 Å². The Morgan fingerprint density at radius 2 is 1.66 bits per heavy atom. The molecule has 2 aromatic carbocycles. The minimum absolute atomic E-state index is 0.258. The number of fused-ring (bicyclic) bond motifs is 1. The Morgan fingerprint density at radius 3 is 2.45 bits per heavy atom. The predicted octanol–water partition coefficient (Wildman–Crippen LogP) is 5.36. The van der Waals surface area contributed by atoms with Gasteiger partial charge in [0.2, 0.25) is 5.89 Å². The molecule has 5 aromatic rings. The molecule has 0 saturated heterocycles. The van der Waals surface area contributed by atoms with Crippen LogP contribution in [0.5, 0.6) is 0 Å². The van der Waals surface area contributed by atoms with Gasteiger partial charge in [-0.3, -0.25) is 14.3 Å². The van der Waals surface area contributed by atoms with E-state index >= 15 is 0 Å². The van der Waals surface area contributed by atoms with Crippen molar-refractivity contribution in [1.29, 1.82) is 0 Å². The Morgan fingerprint density at radius 1 is 0.862 bits per heavy atom. The van der Waals surface area contributed by atoms with Crippen LogP contribution in [0.2, 0.25) is 5.02 Å². The van der Waals surface area contributed by atoms with Crippen molar-refractivity contribution in [3.05, 3.63) is 101 Å². The average molecular weight is 400 g/mol. The van der Waals surface area contributed by atoms with Crippen LogP contribution in [0.1, 0.15) is 0 Å². The highest BCUT2D eigenvalue weighted by Gasteiger charge is 2.20. The van der Waals surface area contributed by atoms with Gasteiger partial charge in [-0.15, -0.1) is 0 Å². The molecule has 3 heterocycles. The van der Waals surface area contributed by atoms with E-state index in [0.29, 0.717) is 28.0 Å². The first-order valence-corrected chi connectivity index (χ1v) is 9.37. The molecule has 0 amide bonds. The highest BCUT2D eigenvalue weighted by atomic mass is 35.5. The van der Waals surface area contributed by atoms with Crippen molar-refractivity contribution in [2.24, 2.45) is 0 Å². The zero-order valence-electron chi connectivity index (χ0n) is 15.1. The van der Waals surface area contributed by atoms with Crippen LogP contribution in [0, 0.1) is 0 Å². The maximum absolute atomic E-state index is 13.1. The molecule has 3 aromatic heterocycles. The molecular formula is C23H14ClN3O2. The number of hydrogen-bond donors (Lipinski definition) is 0. The van der Waals surface area contributed by atoms with Gasteiger partial charge in [0.15, 0.2) is 11.6 Å². The van der Waals surface area contributed by atoms with Crippen molar-refractivity contribution in [1.82, 2.24) is 14.5 Å². The number of nitrogens with zero attached hydrogens (tertiary/aromatic N) is 3. The van der Waals surface area contributed by atoms with E-state index < -0.39 is 0 Å². The minimum atomic E-state index is -0.258. The topological polar surface area (TPSA) is 60.9 Å². The molecule has 5 nitrogen and oxygen atoms in total. The fourth-order valence-corrected chi connectivity index (χ4v) is 3.33. The fraction of sp³-hybridized carbons (Fsp3) is 0. The summed E-state index contributed by atoms with van der Waals surface area (Å²) < 4.78 is 7.58. The first-order valence-electron chi connectivity index (χ1n) is 9.00. The van der Waals surface area contributed by atoms with E-state index in [1.807, 2.05) is 54.6 Å². The molecular weight excluding hydrogens is 386 g/mol. The standard InChI is InChI=1S/C23H14ClN3O2/c24-18-10-8-16(9-11-18)20-21(26-22(29-20)17-5-2-1-3-6-17)27-14-12-15-7-4-13-25-19(15)23(27)28/h1-14H. The second-order valence-electron chi connectivity index (χ2n) is 6.48. The molecule has 0 aliphatic carbocycles. The second kappa shape index (κ2) is 7.04. The monoisotopic (exact) mass is 399 g/mol. The smallest absolute Gasteiger partial charge is 0.282 e. The van der Waals surface area contributed by atoms with E-state index in [1.54, 1.807) is 30.6 Å². The van der Waals surface area contributed by atoms with Crippen molar-refractivity contribution in [3.63, 3.8) is 0 Å². The van der Waals surface area contributed by atoms with E-state index in [-0.39, 0.29) is 5.56 Å². The van der Waals surface area contributed by atoms with Gasteiger partial charge in [-0.05, 0) is 48.5 Å². The SMILES string of the molecule is O=c1c2ncccc2ccn1-c1nc(-c2ccccc2)oc1-c1ccc(Cl)cc1. The third kappa shape index (κ3) is 3.11. The largest absolute Gasteiger partial charge is 0.434 e. The van der Waals surface area contributed by atoms with E-state index in [2.05, 4.69) is 9.97 Å². The molecule has 6 heteroatoms. The summed E-state index contributed by atoms with van der Waals surface area (Å²) in [5.74, 6) is 1.32. The third-order valence-corrected chi connectivity index (χ3v) is 4.88. The molecule has 0 spiro atoms. The van der Waals surface area contributed by atoms with E-state index in [0.717, 1.165) is 16.5 Å². The fourth-order valence-electron chi connectivity index (χ4n) is 3.20. The quantitative estimate of drug-likeness (QED) is 0.409. The minimum Gasteiger partial charge on any atom is -0.434 e. The highest BCUT2D eigenvalue weighted by Crippen LogP contribution is 2.32. The lowest BCUT2D eigenvalue weighted by Gasteiger charge is -2.06. The molecule has 0 bridgehead atoms. The number of oxazole rings is 1. The van der Waals surface area contributed by atoms with Crippen LogP contribution < -0.4 is 5.56 Å². The van der Waals surface area contributed by atoms with Gasteiger partial charge < -0.3 is 4.42 Å².